The number of hydrogen-bond acceptors (Lipinski definition) is 5. The van der Waals surface area contributed by atoms with Crippen molar-refractivity contribution >= 4 is 30.1 Å². The first-order valence-corrected chi connectivity index (χ1v) is 9.82. The van der Waals surface area contributed by atoms with E-state index in [0.29, 0.717) is 30.8 Å². The molecule has 31 heavy (non-hydrogen) atoms. The van der Waals surface area contributed by atoms with Crippen LogP contribution in [0.4, 0.5) is 0 Å². The van der Waals surface area contributed by atoms with Crippen molar-refractivity contribution in [2.24, 2.45) is 5.73 Å². The number of halogens is 1. The standard InChI is InChI=1S/C23H27N3O4.ClH/c1-15(27)26-19(12-13-23(26,2)22(28)29-3)14-30-20-10-8-17(9-11-20)16-4-6-18(7-5-16)21(24)25;/h4-11,19H,12-14H2,1-3H3,(H3,24,25);1H/t19-,23-;/m0./s1. The highest BCUT2D eigenvalue weighted by atomic mass is 35.5. The van der Waals surface area contributed by atoms with Gasteiger partial charge in [0.1, 0.15) is 23.7 Å². The fourth-order valence-electron chi connectivity index (χ4n) is 4.06. The number of amides is 1. The molecule has 3 rings (SSSR count). The average Bonchev–Trinajstić information content (AvgIpc) is 3.10. The van der Waals surface area contributed by atoms with Crippen LogP contribution in [0.3, 0.4) is 0 Å². The third-order valence-corrected chi connectivity index (χ3v) is 5.65. The van der Waals surface area contributed by atoms with Gasteiger partial charge in [-0.15, -0.1) is 12.4 Å². The molecule has 7 nitrogen and oxygen atoms in total. The van der Waals surface area contributed by atoms with Crippen LogP contribution in [0.15, 0.2) is 48.5 Å². The molecule has 2 atom stereocenters. The summed E-state index contributed by atoms with van der Waals surface area (Å²) in [6.45, 7) is 3.51. The van der Waals surface area contributed by atoms with E-state index in [-0.39, 0.29) is 30.2 Å². The number of carbonyl (C=O) groups excluding carboxylic acids is 2. The van der Waals surface area contributed by atoms with Gasteiger partial charge in [-0.3, -0.25) is 10.2 Å². The third-order valence-electron chi connectivity index (χ3n) is 5.65. The number of benzene rings is 2. The lowest BCUT2D eigenvalue weighted by molar-refractivity contribution is -0.159. The van der Waals surface area contributed by atoms with E-state index in [1.165, 1.54) is 14.0 Å². The number of rotatable bonds is 6. The molecule has 0 unspecified atom stereocenters. The van der Waals surface area contributed by atoms with E-state index in [9.17, 15) is 9.59 Å². The molecule has 0 radical (unpaired) electrons. The highest BCUT2D eigenvalue weighted by molar-refractivity contribution is 5.95. The fourth-order valence-corrected chi connectivity index (χ4v) is 4.06. The van der Waals surface area contributed by atoms with E-state index >= 15 is 0 Å². The minimum Gasteiger partial charge on any atom is -0.491 e. The number of likely N-dealkylation sites (tertiary alicyclic amines) is 1. The number of nitrogen functional groups attached to an aromatic ring is 1. The molecule has 1 aliphatic rings. The Labute approximate surface area is 188 Å². The summed E-state index contributed by atoms with van der Waals surface area (Å²) in [7, 11) is 1.34. The summed E-state index contributed by atoms with van der Waals surface area (Å²) >= 11 is 0. The molecule has 0 spiro atoms. The zero-order chi connectivity index (χ0) is 21.9. The Morgan fingerprint density at radius 3 is 2.16 bits per heavy atom. The maximum Gasteiger partial charge on any atom is 0.331 e. The predicted molar refractivity (Wildman–Crippen MR) is 122 cm³/mol. The van der Waals surface area contributed by atoms with Crippen molar-refractivity contribution in [2.45, 2.75) is 38.3 Å². The van der Waals surface area contributed by atoms with E-state index in [4.69, 9.17) is 20.6 Å². The van der Waals surface area contributed by atoms with Gasteiger partial charge in [-0.05, 0) is 43.0 Å². The van der Waals surface area contributed by atoms with Crippen LogP contribution in [0.25, 0.3) is 11.1 Å². The summed E-state index contributed by atoms with van der Waals surface area (Å²) in [4.78, 5) is 26.0. The van der Waals surface area contributed by atoms with Crippen LogP contribution in [0.2, 0.25) is 0 Å². The van der Waals surface area contributed by atoms with Gasteiger partial charge in [0.15, 0.2) is 0 Å². The Bertz CT molecular complexity index is 946. The molecular formula is C23H28ClN3O4. The predicted octanol–water partition coefficient (Wildman–Crippen LogP) is 3.38. The SMILES string of the molecule is COC(=O)[C@]1(C)CC[C@@H](COc2ccc(-c3ccc(C(=N)N)cc3)cc2)N1C(C)=O.Cl. The van der Waals surface area contributed by atoms with Gasteiger partial charge in [0.05, 0.1) is 13.2 Å². The minimum atomic E-state index is -0.954. The number of hydrogen-bond donors (Lipinski definition) is 2. The summed E-state index contributed by atoms with van der Waals surface area (Å²) < 4.78 is 10.8. The number of esters is 1. The zero-order valence-electron chi connectivity index (χ0n) is 17.9. The number of nitrogens with two attached hydrogens (primary N) is 1. The van der Waals surface area contributed by atoms with Crippen molar-refractivity contribution in [3.05, 3.63) is 54.1 Å². The molecule has 1 saturated heterocycles. The second kappa shape index (κ2) is 9.83. The van der Waals surface area contributed by atoms with E-state index in [1.807, 2.05) is 48.5 Å². The molecule has 1 aliphatic heterocycles. The number of amidine groups is 1. The van der Waals surface area contributed by atoms with Gasteiger partial charge in [-0.25, -0.2) is 4.79 Å². The molecule has 0 saturated carbocycles. The van der Waals surface area contributed by atoms with Gasteiger partial charge in [-0.2, -0.15) is 0 Å². The van der Waals surface area contributed by atoms with E-state index < -0.39 is 11.5 Å². The van der Waals surface area contributed by atoms with Crippen molar-refractivity contribution in [3.63, 3.8) is 0 Å². The number of carbonyl (C=O) groups is 2. The van der Waals surface area contributed by atoms with Crippen molar-refractivity contribution in [1.82, 2.24) is 4.90 Å². The van der Waals surface area contributed by atoms with Crippen molar-refractivity contribution < 1.29 is 19.1 Å². The molecule has 166 valence electrons. The molecule has 2 aromatic rings. The molecule has 0 bridgehead atoms. The van der Waals surface area contributed by atoms with Gasteiger partial charge in [0.2, 0.25) is 5.91 Å². The average molecular weight is 446 g/mol. The van der Waals surface area contributed by atoms with Crippen LogP contribution in [-0.2, 0) is 14.3 Å². The summed E-state index contributed by atoms with van der Waals surface area (Å²) in [5.74, 6) is 0.160. The molecule has 8 heteroatoms. The third kappa shape index (κ3) is 4.99. The molecule has 2 aromatic carbocycles. The van der Waals surface area contributed by atoms with Crippen molar-refractivity contribution in [1.29, 1.82) is 5.41 Å². The lowest BCUT2D eigenvalue weighted by Gasteiger charge is -2.35. The highest BCUT2D eigenvalue weighted by Crippen LogP contribution is 2.35. The smallest absolute Gasteiger partial charge is 0.331 e. The second-order valence-electron chi connectivity index (χ2n) is 7.67. The van der Waals surface area contributed by atoms with Crippen LogP contribution in [-0.4, -0.2) is 47.9 Å². The Morgan fingerprint density at radius 1 is 1.13 bits per heavy atom. The van der Waals surface area contributed by atoms with Gasteiger partial charge >= 0.3 is 5.97 Å². The van der Waals surface area contributed by atoms with Crippen LogP contribution in [0.1, 0.15) is 32.3 Å². The van der Waals surface area contributed by atoms with Gasteiger partial charge < -0.3 is 20.1 Å². The molecule has 1 amide bonds. The largest absolute Gasteiger partial charge is 0.491 e. The maximum atomic E-state index is 12.2. The molecule has 0 aliphatic carbocycles. The molecule has 1 fully saturated rings. The summed E-state index contributed by atoms with van der Waals surface area (Å²) in [5.41, 5.74) is 7.25. The zero-order valence-corrected chi connectivity index (χ0v) is 18.7. The van der Waals surface area contributed by atoms with Gasteiger partial charge in [0, 0.05) is 12.5 Å². The normalized spacial score (nSPS) is 20.0. The summed E-state index contributed by atoms with van der Waals surface area (Å²) in [5, 5.41) is 7.47. The lowest BCUT2D eigenvalue weighted by atomic mass is 9.99. The molecule has 3 N–H and O–H groups in total. The van der Waals surface area contributed by atoms with Crippen LogP contribution >= 0.6 is 12.4 Å². The molecular weight excluding hydrogens is 418 g/mol. The number of nitrogens with zero attached hydrogens (tertiary/aromatic N) is 1. The monoisotopic (exact) mass is 445 g/mol. The van der Waals surface area contributed by atoms with E-state index in [0.717, 1.165) is 11.1 Å². The summed E-state index contributed by atoms with van der Waals surface area (Å²) in [6.07, 6.45) is 1.22. The Hall–Kier alpha value is -3.06. The first-order valence-electron chi connectivity index (χ1n) is 9.82. The number of methoxy groups -OCH3 is 1. The topological polar surface area (TPSA) is 106 Å². The molecule has 1 heterocycles. The Kier molecular flexibility index (Phi) is 7.68. The van der Waals surface area contributed by atoms with Crippen molar-refractivity contribution in [3.8, 4) is 16.9 Å². The lowest BCUT2D eigenvalue weighted by Crippen LogP contribution is -2.54. The highest BCUT2D eigenvalue weighted by Gasteiger charge is 2.50. The Morgan fingerprint density at radius 2 is 1.68 bits per heavy atom. The summed E-state index contributed by atoms with van der Waals surface area (Å²) in [6, 6.07) is 14.9. The fraction of sp³-hybridized carbons (Fsp3) is 0.348. The minimum absolute atomic E-state index is 0. The van der Waals surface area contributed by atoms with Crippen LogP contribution < -0.4 is 10.5 Å². The van der Waals surface area contributed by atoms with Gasteiger partial charge in [-0.1, -0.05) is 36.4 Å². The Balaban J connectivity index is 0.00000341. The first-order chi connectivity index (χ1) is 14.3. The van der Waals surface area contributed by atoms with E-state index in [1.54, 1.807) is 11.8 Å². The number of nitrogens with one attached hydrogen (secondary N) is 1. The number of ether oxygens (including phenoxy) is 2. The first kappa shape index (κ1) is 24.2. The maximum absolute atomic E-state index is 12.2. The second-order valence-corrected chi connectivity index (χ2v) is 7.67. The molecule has 0 aromatic heterocycles. The van der Waals surface area contributed by atoms with E-state index in [2.05, 4.69) is 0 Å². The quantitative estimate of drug-likeness (QED) is 0.402. The van der Waals surface area contributed by atoms with Crippen LogP contribution in [0, 0.1) is 5.41 Å². The van der Waals surface area contributed by atoms with Crippen molar-refractivity contribution in [2.75, 3.05) is 13.7 Å². The van der Waals surface area contributed by atoms with Crippen LogP contribution in [0.5, 0.6) is 5.75 Å². The van der Waals surface area contributed by atoms with Gasteiger partial charge in [0.25, 0.3) is 0 Å².